The molecule has 0 radical (unpaired) electrons. The highest BCUT2D eigenvalue weighted by Crippen LogP contribution is 2.38. The van der Waals surface area contributed by atoms with E-state index in [1.165, 1.54) is 16.0 Å². The summed E-state index contributed by atoms with van der Waals surface area (Å²) < 4.78 is 0. The third-order valence-corrected chi connectivity index (χ3v) is 6.02. The van der Waals surface area contributed by atoms with Crippen LogP contribution in [0.5, 0.6) is 0 Å². The van der Waals surface area contributed by atoms with Gasteiger partial charge in [-0.1, -0.05) is 36.4 Å². The lowest BCUT2D eigenvalue weighted by atomic mass is 10.1. The normalized spacial score (nSPS) is 15.9. The second kappa shape index (κ2) is 7.45. The number of amides is 1. The van der Waals surface area contributed by atoms with Crippen LogP contribution in [-0.2, 0) is 15.3 Å². The number of aliphatic carboxylic acids is 1. The first-order chi connectivity index (χ1) is 13.1. The molecule has 0 saturated heterocycles. The summed E-state index contributed by atoms with van der Waals surface area (Å²) in [5.41, 5.74) is 5.01. The molecule has 0 saturated carbocycles. The second-order valence-corrected chi connectivity index (χ2v) is 7.66. The molecular weight excluding hydrogens is 358 g/mol. The molecule has 2 aromatic carbocycles. The van der Waals surface area contributed by atoms with Crippen molar-refractivity contribution < 1.29 is 14.7 Å². The van der Waals surface area contributed by atoms with Crippen LogP contribution in [-0.4, -0.2) is 17.0 Å². The van der Waals surface area contributed by atoms with Gasteiger partial charge in [-0.3, -0.25) is 4.79 Å². The lowest BCUT2D eigenvalue weighted by Gasteiger charge is -2.16. The highest BCUT2D eigenvalue weighted by Gasteiger charge is 2.25. The van der Waals surface area contributed by atoms with Crippen molar-refractivity contribution in [3.05, 3.63) is 76.4 Å². The van der Waals surface area contributed by atoms with Crippen molar-refractivity contribution in [3.63, 3.8) is 0 Å². The van der Waals surface area contributed by atoms with E-state index in [4.69, 9.17) is 0 Å². The monoisotopic (exact) mass is 377 g/mol. The minimum absolute atomic E-state index is 0.242. The van der Waals surface area contributed by atoms with Crippen molar-refractivity contribution in [3.8, 4) is 0 Å². The van der Waals surface area contributed by atoms with E-state index >= 15 is 0 Å². The standard InChI is InChI=1S/C22H19NO3S/c24-21(18-6-3-7-19(18)22(25)26)23-17-10-8-14(9-11-17)20-12-15-4-1-2-5-16(15)13-27-20/h1-2,4-5,8-12H,3,6-7,13H2,(H,23,24)(H,25,26). The van der Waals surface area contributed by atoms with Gasteiger partial charge in [-0.2, -0.15) is 0 Å². The Hall–Kier alpha value is -2.79. The molecule has 2 aliphatic rings. The van der Waals surface area contributed by atoms with E-state index in [2.05, 4.69) is 29.6 Å². The summed E-state index contributed by atoms with van der Waals surface area (Å²) in [6.07, 6.45) is 3.90. The maximum Gasteiger partial charge on any atom is 0.332 e. The lowest BCUT2D eigenvalue weighted by Crippen LogP contribution is -2.16. The highest BCUT2D eigenvalue weighted by molar-refractivity contribution is 8.07. The second-order valence-electron chi connectivity index (χ2n) is 6.64. The molecule has 1 aliphatic carbocycles. The number of hydrogen-bond donors (Lipinski definition) is 2. The van der Waals surface area contributed by atoms with Gasteiger partial charge in [-0.15, -0.1) is 11.8 Å². The molecule has 5 heteroatoms. The Morgan fingerprint density at radius 1 is 0.963 bits per heavy atom. The summed E-state index contributed by atoms with van der Waals surface area (Å²) >= 11 is 1.80. The van der Waals surface area contributed by atoms with E-state index in [0.717, 1.165) is 17.7 Å². The first kappa shape index (κ1) is 17.6. The van der Waals surface area contributed by atoms with Gasteiger partial charge in [-0.05, 0) is 54.2 Å². The first-order valence-corrected chi connectivity index (χ1v) is 9.90. The van der Waals surface area contributed by atoms with Crippen LogP contribution in [0.2, 0.25) is 0 Å². The van der Waals surface area contributed by atoms with Gasteiger partial charge < -0.3 is 10.4 Å². The molecule has 1 heterocycles. The number of hydrogen-bond acceptors (Lipinski definition) is 3. The van der Waals surface area contributed by atoms with Crippen LogP contribution in [0, 0.1) is 0 Å². The fourth-order valence-electron chi connectivity index (χ4n) is 3.47. The third-order valence-electron chi connectivity index (χ3n) is 4.90. The summed E-state index contributed by atoms with van der Waals surface area (Å²) in [5.74, 6) is -0.348. The topological polar surface area (TPSA) is 66.4 Å². The minimum Gasteiger partial charge on any atom is -0.478 e. The summed E-state index contributed by atoms with van der Waals surface area (Å²) in [4.78, 5) is 24.8. The van der Waals surface area contributed by atoms with Crippen LogP contribution in [0.1, 0.15) is 36.0 Å². The van der Waals surface area contributed by atoms with Crippen LogP contribution >= 0.6 is 11.8 Å². The van der Waals surface area contributed by atoms with Crippen molar-refractivity contribution >= 4 is 40.3 Å². The number of fused-ring (bicyclic) bond motifs is 1. The molecular formula is C22H19NO3S. The van der Waals surface area contributed by atoms with Crippen molar-refractivity contribution in [1.82, 2.24) is 0 Å². The van der Waals surface area contributed by atoms with Gasteiger partial charge in [0.1, 0.15) is 0 Å². The largest absolute Gasteiger partial charge is 0.478 e. The zero-order valence-electron chi connectivity index (χ0n) is 14.7. The fraction of sp³-hybridized carbons (Fsp3) is 0.182. The Morgan fingerprint density at radius 2 is 1.70 bits per heavy atom. The van der Waals surface area contributed by atoms with Crippen molar-refractivity contribution in [1.29, 1.82) is 0 Å². The number of rotatable bonds is 4. The number of carboxylic acids is 1. The van der Waals surface area contributed by atoms with Crippen molar-refractivity contribution in [2.75, 3.05) is 5.32 Å². The maximum absolute atomic E-state index is 12.4. The van der Waals surface area contributed by atoms with E-state index in [1.807, 2.05) is 30.3 Å². The molecule has 0 aromatic heterocycles. The Balaban J connectivity index is 1.50. The molecule has 136 valence electrons. The van der Waals surface area contributed by atoms with Gasteiger partial charge in [0, 0.05) is 27.5 Å². The maximum atomic E-state index is 12.4. The van der Waals surface area contributed by atoms with Crippen LogP contribution < -0.4 is 5.32 Å². The van der Waals surface area contributed by atoms with Crippen LogP contribution in [0.25, 0.3) is 11.0 Å². The smallest absolute Gasteiger partial charge is 0.332 e. The number of carbonyl (C=O) groups excluding carboxylic acids is 1. The molecule has 0 unspecified atom stereocenters. The van der Waals surface area contributed by atoms with E-state index in [1.54, 1.807) is 11.8 Å². The Bertz CT molecular complexity index is 973. The van der Waals surface area contributed by atoms with Gasteiger partial charge in [0.05, 0.1) is 0 Å². The fourth-order valence-corrected chi connectivity index (χ4v) is 4.55. The third kappa shape index (κ3) is 3.69. The summed E-state index contributed by atoms with van der Waals surface area (Å²) in [7, 11) is 0. The Morgan fingerprint density at radius 3 is 2.48 bits per heavy atom. The van der Waals surface area contributed by atoms with Crippen LogP contribution in [0.15, 0.2) is 59.7 Å². The zero-order valence-corrected chi connectivity index (χ0v) is 15.5. The Kier molecular flexibility index (Phi) is 4.86. The number of nitrogens with one attached hydrogen (secondary N) is 1. The number of benzene rings is 2. The molecule has 0 atom stereocenters. The predicted octanol–water partition coefficient (Wildman–Crippen LogP) is 4.94. The van der Waals surface area contributed by atoms with Gasteiger partial charge >= 0.3 is 5.97 Å². The van der Waals surface area contributed by atoms with Crippen molar-refractivity contribution in [2.45, 2.75) is 25.0 Å². The van der Waals surface area contributed by atoms with Crippen LogP contribution in [0.3, 0.4) is 0 Å². The van der Waals surface area contributed by atoms with Gasteiger partial charge in [0.25, 0.3) is 5.91 Å². The molecule has 27 heavy (non-hydrogen) atoms. The molecule has 1 amide bonds. The summed E-state index contributed by atoms with van der Waals surface area (Å²) in [6.45, 7) is 0. The highest BCUT2D eigenvalue weighted by atomic mass is 32.2. The summed E-state index contributed by atoms with van der Waals surface area (Å²) in [5, 5.41) is 12.0. The molecule has 2 N–H and O–H groups in total. The quantitative estimate of drug-likeness (QED) is 0.792. The SMILES string of the molecule is O=C(O)C1=C(C(=O)Nc2ccc(C3=Cc4ccccc4CS3)cc2)CCC1. The van der Waals surface area contributed by atoms with E-state index in [-0.39, 0.29) is 11.5 Å². The number of carboxylic acid groups (broad SMARTS) is 1. The van der Waals surface area contributed by atoms with Crippen molar-refractivity contribution in [2.24, 2.45) is 0 Å². The zero-order chi connectivity index (χ0) is 18.8. The molecule has 1 aliphatic heterocycles. The molecule has 0 bridgehead atoms. The first-order valence-electron chi connectivity index (χ1n) is 8.91. The van der Waals surface area contributed by atoms with Gasteiger partial charge in [0.2, 0.25) is 0 Å². The number of thioether (sulfide) groups is 1. The van der Waals surface area contributed by atoms with E-state index in [9.17, 15) is 14.7 Å². The average Bonchev–Trinajstić information content (AvgIpc) is 3.19. The Labute approximate surface area is 162 Å². The molecule has 0 spiro atoms. The predicted molar refractivity (Wildman–Crippen MR) is 109 cm³/mol. The van der Waals surface area contributed by atoms with E-state index < -0.39 is 5.97 Å². The van der Waals surface area contributed by atoms with Crippen LogP contribution in [0.4, 0.5) is 5.69 Å². The average molecular weight is 377 g/mol. The van der Waals surface area contributed by atoms with Gasteiger partial charge in [-0.25, -0.2) is 4.79 Å². The molecule has 0 fully saturated rings. The van der Waals surface area contributed by atoms with Gasteiger partial charge in [0.15, 0.2) is 0 Å². The molecule has 2 aromatic rings. The lowest BCUT2D eigenvalue weighted by molar-refractivity contribution is -0.133. The molecule has 4 nitrogen and oxygen atoms in total. The van der Waals surface area contributed by atoms with E-state index in [0.29, 0.717) is 24.1 Å². The summed E-state index contributed by atoms with van der Waals surface area (Å²) in [6, 6.07) is 16.1. The number of anilines is 1. The minimum atomic E-state index is -0.991. The number of carbonyl (C=O) groups is 2. The molecule has 4 rings (SSSR count).